The van der Waals surface area contributed by atoms with Gasteiger partial charge in [-0.15, -0.1) is 0 Å². The van der Waals surface area contributed by atoms with Crippen LogP contribution in [0.15, 0.2) is 76.3 Å². The van der Waals surface area contributed by atoms with Crippen LogP contribution in [0.3, 0.4) is 0 Å². The van der Waals surface area contributed by atoms with Gasteiger partial charge in [0.25, 0.3) is 5.91 Å². The van der Waals surface area contributed by atoms with Gasteiger partial charge in [-0.05, 0) is 80.1 Å². The number of halogens is 1. The number of nitrogens with zero attached hydrogens (tertiary/aromatic N) is 1. The molecule has 34 heavy (non-hydrogen) atoms. The van der Waals surface area contributed by atoms with Crippen LogP contribution in [-0.4, -0.2) is 31.3 Å². The van der Waals surface area contributed by atoms with Crippen molar-refractivity contribution >= 4 is 34.0 Å². The van der Waals surface area contributed by atoms with Crippen molar-refractivity contribution in [2.75, 3.05) is 13.2 Å². The smallest absolute Gasteiger partial charge is 0.343 e. The van der Waals surface area contributed by atoms with Crippen molar-refractivity contribution < 1.29 is 23.8 Å². The van der Waals surface area contributed by atoms with Crippen LogP contribution in [0.1, 0.15) is 46.5 Å². The first-order valence-corrected chi connectivity index (χ1v) is 11.6. The zero-order valence-corrected chi connectivity index (χ0v) is 20.5. The number of hydrogen-bond donors (Lipinski definition) is 1. The molecular weight excluding hydrogens is 500 g/mol. The van der Waals surface area contributed by atoms with Crippen LogP contribution in [0.25, 0.3) is 0 Å². The monoisotopic (exact) mass is 524 g/mol. The van der Waals surface area contributed by atoms with Gasteiger partial charge in [-0.25, -0.2) is 10.2 Å². The number of carbonyl (C=O) groups is 2. The molecule has 1 amide bonds. The van der Waals surface area contributed by atoms with E-state index in [0.717, 1.165) is 10.9 Å². The molecule has 0 fully saturated rings. The summed E-state index contributed by atoms with van der Waals surface area (Å²) in [4.78, 5) is 25.0. The summed E-state index contributed by atoms with van der Waals surface area (Å²) >= 11 is 3.40. The molecule has 0 aliphatic carbocycles. The Hall–Kier alpha value is -3.65. The van der Waals surface area contributed by atoms with Crippen LogP contribution in [0, 0.1) is 0 Å². The summed E-state index contributed by atoms with van der Waals surface area (Å²) in [6.45, 7) is 5.08. The van der Waals surface area contributed by atoms with E-state index in [1.54, 1.807) is 66.7 Å². The van der Waals surface area contributed by atoms with E-state index >= 15 is 0 Å². The Morgan fingerprint density at radius 1 is 0.912 bits per heavy atom. The largest absolute Gasteiger partial charge is 0.494 e. The molecule has 0 unspecified atom stereocenters. The van der Waals surface area contributed by atoms with Gasteiger partial charge in [0.05, 0.1) is 25.0 Å². The van der Waals surface area contributed by atoms with Crippen LogP contribution >= 0.6 is 15.9 Å². The average molecular weight is 525 g/mol. The quantitative estimate of drug-likeness (QED) is 0.161. The second kappa shape index (κ2) is 12.6. The van der Waals surface area contributed by atoms with E-state index in [4.69, 9.17) is 14.2 Å². The van der Waals surface area contributed by atoms with Crippen LogP contribution in [-0.2, 0) is 0 Å². The number of hydrazone groups is 1. The van der Waals surface area contributed by atoms with E-state index in [2.05, 4.69) is 26.5 Å². The Kier molecular flexibility index (Phi) is 9.22. The van der Waals surface area contributed by atoms with Crippen molar-refractivity contribution in [2.45, 2.75) is 20.3 Å². The van der Waals surface area contributed by atoms with E-state index in [1.165, 1.54) is 6.21 Å². The van der Waals surface area contributed by atoms with E-state index in [0.29, 0.717) is 47.2 Å². The maximum atomic E-state index is 12.6. The van der Waals surface area contributed by atoms with Crippen molar-refractivity contribution in [3.63, 3.8) is 0 Å². The van der Waals surface area contributed by atoms with Crippen molar-refractivity contribution in [3.8, 4) is 17.2 Å². The average Bonchev–Trinajstić information content (AvgIpc) is 2.85. The van der Waals surface area contributed by atoms with Crippen molar-refractivity contribution in [2.24, 2.45) is 5.10 Å². The zero-order valence-electron chi connectivity index (χ0n) is 18.9. The summed E-state index contributed by atoms with van der Waals surface area (Å²) in [5.74, 6) is 0.789. The molecule has 1 N–H and O–H groups in total. The minimum absolute atomic E-state index is 0.303. The third kappa shape index (κ3) is 7.18. The molecule has 0 bridgehead atoms. The molecule has 0 saturated heterocycles. The number of benzene rings is 3. The van der Waals surface area contributed by atoms with E-state index in [1.807, 2.05) is 13.8 Å². The third-order valence-electron chi connectivity index (χ3n) is 4.53. The van der Waals surface area contributed by atoms with Gasteiger partial charge >= 0.3 is 5.97 Å². The lowest BCUT2D eigenvalue weighted by Gasteiger charge is -2.09. The normalized spacial score (nSPS) is 10.7. The third-order valence-corrected chi connectivity index (χ3v) is 5.03. The molecule has 0 aliphatic rings. The Balaban J connectivity index is 1.66. The Morgan fingerprint density at radius 2 is 1.56 bits per heavy atom. The molecule has 7 nitrogen and oxygen atoms in total. The molecule has 0 heterocycles. The van der Waals surface area contributed by atoms with Crippen LogP contribution in [0.5, 0.6) is 17.2 Å². The number of ether oxygens (including phenoxy) is 3. The molecule has 0 spiro atoms. The molecule has 0 aromatic heterocycles. The first-order valence-electron chi connectivity index (χ1n) is 10.8. The number of hydrogen-bond acceptors (Lipinski definition) is 6. The highest BCUT2D eigenvalue weighted by atomic mass is 79.9. The topological polar surface area (TPSA) is 86.2 Å². The Morgan fingerprint density at radius 3 is 2.21 bits per heavy atom. The summed E-state index contributed by atoms with van der Waals surface area (Å²) in [7, 11) is 0. The maximum absolute atomic E-state index is 12.6. The maximum Gasteiger partial charge on any atom is 0.343 e. The molecule has 3 rings (SSSR count). The molecule has 8 heteroatoms. The highest BCUT2D eigenvalue weighted by Gasteiger charge is 2.12. The summed E-state index contributed by atoms with van der Waals surface area (Å²) in [6.07, 6.45) is 2.33. The van der Waals surface area contributed by atoms with Gasteiger partial charge in [-0.1, -0.05) is 22.9 Å². The standard InChI is InChI=1S/C26H25BrN2O5/c1-3-15-33-23-10-5-18(6-11-23)25(30)29-28-17-20-16-21(27)9-14-24(20)34-26(31)19-7-12-22(13-8-19)32-4-2/h5-14,16-17H,3-4,15H2,1-2H3,(H,29,30). The van der Waals surface area contributed by atoms with E-state index in [9.17, 15) is 9.59 Å². The highest BCUT2D eigenvalue weighted by molar-refractivity contribution is 9.10. The van der Waals surface area contributed by atoms with Gasteiger partial charge < -0.3 is 14.2 Å². The minimum atomic E-state index is -0.519. The summed E-state index contributed by atoms with van der Waals surface area (Å²) in [5, 5.41) is 4.02. The zero-order chi connectivity index (χ0) is 24.3. The molecule has 0 aliphatic heterocycles. The minimum Gasteiger partial charge on any atom is -0.494 e. The van der Waals surface area contributed by atoms with E-state index < -0.39 is 5.97 Å². The molecule has 176 valence electrons. The first kappa shape index (κ1) is 25.0. The molecule has 0 radical (unpaired) electrons. The lowest BCUT2D eigenvalue weighted by molar-refractivity contribution is 0.0734. The molecule has 0 saturated carbocycles. The number of esters is 1. The Labute approximate surface area is 206 Å². The van der Waals surface area contributed by atoms with Gasteiger partial charge in [0.1, 0.15) is 17.2 Å². The number of rotatable bonds is 10. The summed E-state index contributed by atoms with van der Waals surface area (Å²) in [6, 6.07) is 18.6. The summed E-state index contributed by atoms with van der Waals surface area (Å²) in [5.41, 5.74) is 3.82. The van der Waals surface area contributed by atoms with Gasteiger partial charge in [0.15, 0.2) is 0 Å². The number of amides is 1. The predicted molar refractivity (Wildman–Crippen MR) is 134 cm³/mol. The second-order valence-electron chi connectivity index (χ2n) is 7.10. The molecule has 3 aromatic carbocycles. The fourth-order valence-corrected chi connectivity index (χ4v) is 3.25. The van der Waals surface area contributed by atoms with Crippen LogP contribution < -0.4 is 19.6 Å². The lowest BCUT2D eigenvalue weighted by atomic mass is 10.2. The Bertz CT molecular complexity index is 1140. The van der Waals surface area contributed by atoms with Crippen molar-refractivity contribution in [3.05, 3.63) is 87.9 Å². The fourth-order valence-electron chi connectivity index (χ4n) is 2.87. The van der Waals surface area contributed by atoms with Gasteiger partial charge in [-0.2, -0.15) is 5.10 Å². The second-order valence-corrected chi connectivity index (χ2v) is 8.02. The molecule has 3 aromatic rings. The van der Waals surface area contributed by atoms with Gasteiger partial charge in [0.2, 0.25) is 0 Å². The SMILES string of the molecule is CCCOc1ccc(C(=O)NN=Cc2cc(Br)ccc2OC(=O)c2ccc(OCC)cc2)cc1. The lowest BCUT2D eigenvalue weighted by Crippen LogP contribution is -2.17. The van der Waals surface area contributed by atoms with Crippen LogP contribution in [0.4, 0.5) is 0 Å². The predicted octanol–water partition coefficient (Wildman–Crippen LogP) is 5.62. The van der Waals surface area contributed by atoms with E-state index in [-0.39, 0.29) is 5.91 Å². The van der Waals surface area contributed by atoms with Crippen molar-refractivity contribution in [1.82, 2.24) is 5.43 Å². The number of carbonyl (C=O) groups excluding carboxylic acids is 2. The first-order chi connectivity index (χ1) is 16.5. The van der Waals surface area contributed by atoms with Crippen molar-refractivity contribution in [1.29, 1.82) is 0 Å². The highest BCUT2D eigenvalue weighted by Crippen LogP contribution is 2.23. The molecular formula is C26H25BrN2O5. The van der Waals surface area contributed by atoms with Gasteiger partial charge in [-0.3, -0.25) is 4.79 Å². The fraction of sp³-hybridized carbons (Fsp3) is 0.192. The van der Waals surface area contributed by atoms with Crippen LogP contribution in [0.2, 0.25) is 0 Å². The number of nitrogens with one attached hydrogen (secondary N) is 1. The molecule has 0 atom stereocenters. The van der Waals surface area contributed by atoms with Gasteiger partial charge in [0, 0.05) is 15.6 Å². The summed E-state index contributed by atoms with van der Waals surface area (Å²) < 4.78 is 17.2.